The maximum Gasteiger partial charge on any atom is 0.308 e. The summed E-state index contributed by atoms with van der Waals surface area (Å²) in [7, 11) is 0. The van der Waals surface area contributed by atoms with Crippen molar-refractivity contribution in [2.75, 3.05) is 0 Å². The van der Waals surface area contributed by atoms with Crippen LogP contribution in [0.2, 0.25) is 0 Å². The largest absolute Gasteiger partial charge is 0.453 e. The first-order chi connectivity index (χ1) is 14.5. The van der Waals surface area contributed by atoms with Gasteiger partial charge in [0.15, 0.2) is 6.10 Å². The molecule has 0 amide bonds. The molecule has 0 radical (unpaired) electrons. The van der Waals surface area contributed by atoms with E-state index in [1.807, 2.05) is 31.2 Å². The van der Waals surface area contributed by atoms with Gasteiger partial charge < -0.3 is 9.15 Å². The van der Waals surface area contributed by atoms with Gasteiger partial charge in [-0.25, -0.2) is 4.68 Å². The monoisotopic (exact) mass is 405 g/mol. The van der Waals surface area contributed by atoms with E-state index in [-0.39, 0.29) is 24.4 Å². The van der Waals surface area contributed by atoms with Crippen molar-refractivity contribution >= 4 is 16.9 Å². The Kier molecular flexibility index (Phi) is 5.34. The number of fused-ring (bicyclic) bond motifs is 1. The normalized spacial score (nSPS) is 12.1. The van der Waals surface area contributed by atoms with E-state index in [1.54, 1.807) is 31.2 Å². The van der Waals surface area contributed by atoms with E-state index in [1.165, 1.54) is 0 Å². The average Bonchev–Trinajstić information content (AvgIpc) is 3.24. The number of carbonyl (C=O) groups is 1. The van der Waals surface area contributed by atoms with E-state index in [0.717, 1.165) is 15.8 Å². The molecule has 30 heavy (non-hydrogen) atoms. The second-order valence-corrected chi connectivity index (χ2v) is 6.83. The van der Waals surface area contributed by atoms with Gasteiger partial charge in [0, 0.05) is 5.56 Å². The summed E-state index contributed by atoms with van der Waals surface area (Å²) in [4.78, 5) is 24.6. The second kappa shape index (κ2) is 8.24. The smallest absolute Gasteiger partial charge is 0.308 e. The quantitative estimate of drug-likeness (QED) is 0.450. The minimum Gasteiger partial charge on any atom is -0.453 e. The van der Waals surface area contributed by atoms with E-state index >= 15 is 0 Å². The molecule has 9 heteroatoms. The number of hydrogen-bond acceptors (Lipinski definition) is 8. The van der Waals surface area contributed by atoms with Gasteiger partial charge in [-0.2, -0.15) is 0 Å². The predicted molar refractivity (Wildman–Crippen MR) is 107 cm³/mol. The van der Waals surface area contributed by atoms with Gasteiger partial charge in [0.1, 0.15) is 5.52 Å². The Morgan fingerprint density at radius 2 is 1.87 bits per heavy atom. The SMILES string of the molecule is Cc1ccc(-c2nnc(C(C)OC(=O)CCn3nnc4ccccc4c3=O)o2)cc1. The van der Waals surface area contributed by atoms with Crippen molar-refractivity contribution in [3.63, 3.8) is 0 Å². The number of rotatable bonds is 6. The maximum atomic E-state index is 12.4. The summed E-state index contributed by atoms with van der Waals surface area (Å²) in [5.41, 5.74) is 2.11. The molecule has 2 aromatic heterocycles. The van der Waals surface area contributed by atoms with Crippen LogP contribution in [0.4, 0.5) is 0 Å². The highest BCUT2D eigenvalue weighted by Gasteiger charge is 2.19. The van der Waals surface area contributed by atoms with Crippen molar-refractivity contribution in [1.29, 1.82) is 0 Å². The number of aromatic nitrogens is 5. The van der Waals surface area contributed by atoms with Crippen molar-refractivity contribution in [2.24, 2.45) is 0 Å². The first kappa shape index (κ1) is 19.4. The number of esters is 1. The summed E-state index contributed by atoms with van der Waals surface area (Å²) in [5, 5.41) is 16.3. The molecule has 0 spiro atoms. The van der Waals surface area contributed by atoms with Gasteiger partial charge in [0.2, 0.25) is 5.89 Å². The molecule has 1 atom stereocenters. The lowest BCUT2D eigenvalue weighted by atomic mass is 10.1. The fraction of sp³-hybridized carbons (Fsp3) is 0.238. The third kappa shape index (κ3) is 4.09. The molecule has 0 aliphatic rings. The Hall–Kier alpha value is -3.88. The maximum absolute atomic E-state index is 12.4. The van der Waals surface area contributed by atoms with Crippen molar-refractivity contribution in [3.05, 3.63) is 70.3 Å². The zero-order chi connectivity index (χ0) is 21.1. The van der Waals surface area contributed by atoms with Gasteiger partial charge in [-0.3, -0.25) is 9.59 Å². The van der Waals surface area contributed by atoms with Crippen LogP contribution in [0.3, 0.4) is 0 Å². The molecule has 1 unspecified atom stereocenters. The van der Waals surface area contributed by atoms with Crippen molar-refractivity contribution in [3.8, 4) is 11.5 Å². The summed E-state index contributed by atoms with van der Waals surface area (Å²) in [6.07, 6.45) is -0.764. The van der Waals surface area contributed by atoms with Crippen LogP contribution >= 0.6 is 0 Å². The van der Waals surface area contributed by atoms with Crippen LogP contribution in [0.25, 0.3) is 22.4 Å². The van der Waals surface area contributed by atoms with E-state index < -0.39 is 12.1 Å². The molecule has 4 rings (SSSR count). The minimum atomic E-state index is -0.719. The van der Waals surface area contributed by atoms with Gasteiger partial charge in [-0.05, 0) is 38.1 Å². The lowest BCUT2D eigenvalue weighted by Crippen LogP contribution is -2.26. The molecule has 0 N–H and O–H groups in total. The van der Waals surface area contributed by atoms with Gasteiger partial charge in [-0.1, -0.05) is 35.0 Å². The molecular weight excluding hydrogens is 386 g/mol. The molecule has 0 aliphatic heterocycles. The highest BCUT2D eigenvalue weighted by atomic mass is 16.6. The van der Waals surface area contributed by atoms with Gasteiger partial charge in [-0.15, -0.1) is 15.3 Å². The summed E-state index contributed by atoms with van der Waals surface area (Å²) in [6.45, 7) is 3.69. The van der Waals surface area contributed by atoms with Gasteiger partial charge in [0.05, 0.1) is 18.4 Å². The molecule has 0 fully saturated rings. The number of ether oxygens (including phenoxy) is 1. The molecule has 9 nitrogen and oxygen atoms in total. The van der Waals surface area contributed by atoms with E-state index in [4.69, 9.17) is 9.15 Å². The van der Waals surface area contributed by atoms with Crippen LogP contribution in [0.1, 0.15) is 30.9 Å². The topological polar surface area (TPSA) is 113 Å². The zero-order valence-electron chi connectivity index (χ0n) is 16.5. The molecule has 0 saturated carbocycles. The van der Waals surface area contributed by atoms with Crippen molar-refractivity contribution in [1.82, 2.24) is 25.2 Å². The van der Waals surface area contributed by atoms with Crippen LogP contribution < -0.4 is 5.56 Å². The Balaban J connectivity index is 1.38. The Morgan fingerprint density at radius 3 is 2.67 bits per heavy atom. The standard InChI is InChI=1S/C21H19N5O4/c1-13-7-9-15(10-8-13)20-24-23-19(30-20)14(2)29-18(27)11-12-26-21(28)16-5-3-4-6-17(16)22-25-26/h3-10,14H,11-12H2,1-2H3. The van der Waals surface area contributed by atoms with Gasteiger partial charge in [0.25, 0.3) is 11.4 Å². The molecule has 2 aromatic carbocycles. The van der Waals surface area contributed by atoms with E-state index in [2.05, 4.69) is 20.5 Å². The lowest BCUT2D eigenvalue weighted by molar-refractivity contribution is -0.150. The Labute approximate surface area is 171 Å². The van der Waals surface area contributed by atoms with Crippen molar-refractivity contribution < 1.29 is 13.9 Å². The molecule has 0 saturated heterocycles. The van der Waals surface area contributed by atoms with Crippen molar-refractivity contribution in [2.45, 2.75) is 32.9 Å². The number of nitrogens with zero attached hydrogens (tertiary/aromatic N) is 5. The zero-order valence-corrected chi connectivity index (χ0v) is 16.5. The third-order valence-corrected chi connectivity index (χ3v) is 4.55. The molecule has 2 heterocycles. The Bertz CT molecular complexity index is 1250. The van der Waals surface area contributed by atoms with Crippen LogP contribution in [-0.4, -0.2) is 31.2 Å². The number of carbonyl (C=O) groups excluding carboxylic acids is 1. The number of benzene rings is 2. The minimum absolute atomic E-state index is 0.0454. The number of aryl methyl sites for hydroxylation is 2. The summed E-state index contributed by atoms with van der Waals surface area (Å²) in [5.74, 6) is 0.0342. The highest BCUT2D eigenvalue weighted by molar-refractivity contribution is 5.76. The molecular formula is C21H19N5O4. The van der Waals surface area contributed by atoms with E-state index in [0.29, 0.717) is 16.8 Å². The van der Waals surface area contributed by atoms with Gasteiger partial charge >= 0.3 is 5.97 Å². The average molecular weight is 405 g/mol. The first-order valence-electron chi connectivity index (χ1n) is 9.44. The van der Waals surface area contributed by atoms with Crippen LogP contribution in [0.15, 0.2) is 57.7 Å². The summed E-state index contributed by atoms with van der Waals surface area (Å²) >= 11 is 0. The second-order valence-electron chi connectivity index (χ2n) is 6.83. The lowest BCUT2D eigenvalue weighted by Gasteiger charge is -2.09. The fourth-order valence-electron chi connectivity index (χ4n) is 2.89. The predicted octanol–water partition coefficient (Wildman–Crippen LogP) is 2.84. The summed E-state index contributed by atoms with van der Waals surface area (Å²) in [6, 6.07) is 14.6. The summed E-state index contributed by atoms with van der Waals surface area (Å²) < 4.78 is 12.1. The van der Waals surface area contributed by atoms with Crippen LogP contribution in [0.5, 0.6) is 0 Å². The first-order valence-corrected chi connectivity index (χ1v) is 9.44. The molecule has 0 aliphatic carbocycles. The molecule has 4 aromatic rings. The fourth-order valence-corrected chi connectivity index (χ4v) is 2.89. The third-order valence-electron chi connectivity index (χ3n) is 4.55. The highest BCUT2D eigenvalue weighted by Crippen LogP contribution is 2.22. The Morgan fingerprint density at radius 1 is 1.10 bits per heavy atom. The molecule has 0 bridgehead atoms. The number of hydrogen-bond donors (Lipinski definition) is 0. The van der Waals surface area contributed by atoms with Crippen LogP contribution in [-0.2, 0) is 16.1 Å². The van der Waals surface area contributed by atoms with E-state index in [9.17, 15) is 9.59 Å². The molecule has 152 valence electrons. The van der Waals surface area contributed by atoms with Crippen LogP contribution in [0, 0.1) is 6.92 Å².